The monoisotopic (exact) mass is 328 g/mol. The Balaban J connectivity index is 1.83. The third kappa shape index (κ3) is 2.58. The van der Waals surface area contributed by atoms with E-state index in [-0.39, 0.29) is 23.9 Å². The van der Waals surface area contributed by atoms with Crippen molar-refractivity contribution in [2.45, 2.75) is 31.8 Å². The number of benzene rings is 1. The summed E-state index contributed by atoms with van der Waals surface area (Å²) in [4.78, 5) is 0. The lowest BCUT2D eigenvalue weighted by Crippen LogP contribution is -2.38. The molecule has 2 atom stereocenters. The van der Waals surface area contributed by atoms with Crippen LogP contribution in [0.2, 0.25) is 0 Å². The minimum atomic E-state index is -0.247. The van der Waals surface area contributed by atoms with Crippen molar-refractivity contribution in [3.8, 4) is 0 Å². The Morgan fingerprint density at radius 1 is 1.42 bits per heavy atom. The molecule has 0 amide bonds. The summed E-state index contributed by atoms with van der Waals surface area (Å²) in [6.45, 7) is 0.868. The van der Waals surface area contributed by atoms with E-state index in [9.17, 15) is 9.50 Å². The molecule has 104 valence electrons. The van der Waals surface area contributed by atoms with Crippen LogP contribution in [0.1, 0.15) is 24.8 Å². The van der Waals surface area contributed by atoms with Gasteiger partial charge in [-0.2, -0.15) is 0 Å². The molecule has 19 heavy (non-hydrogen) atoms. The van der Waals surface area contributed by atoms with Crippen molar-refractivity contribution in [1.29, 1.82) is 0 Å². The summed E-state index contributed by atoms with van der Waals surface area (Å²) in [6, 6.07) is 5.10. The maximum atomic E-state index is 13.3. The van der Waals surface area contributed by atoms with E-state index in [4.69, 9.17) is 4.74 Å². The van der Waals surface area contributed by atoms with Crippen molar-refractivity contribution in [2.75, 3.05) is 13.2 Å². The van der Waals surface area contributed by atoms with Crippen LogP contribution in [0.4, 0.5) is 4.39 Å². The molecule has 1 aliphatic heterocycles. The van der Waals surface area contributed by atoms with Crippen LogP contribution in [0.3, 0.4) is 0 Å². The molecule has 0 aromatic heterocycles. The molecule has 1 aromatic carbocycles. The largest absolute Gasteiger partial charge is 0.396 e. The second kappa shape index (κ2) is 5.15. The SMILES string of the molecule is OCC1(Cc2ccc(F)c(Br)c2)CCOC1C1CC1. The molecule has 2 unspecified atom stereocenters. The molecule has 0 bridgehead atoms. The van der Waals surface area contributed by atoms with Crippen molar-refractivity contribution >= 4 is 15.9 Å². The number of aliphatic hydroxyl groups is 1. The van der Waals surface area contributed by atoms with Crippen molar-refractivity contribution in [3.63, 3.8) is 0 Å². The first-order valence-corrected chi connectivity index (χ1v) is 7.60. The van der Waals surface area contributed by atoms with E-state index in [1.165, 1.54) is 18.9 Å². The predicted octanol–water partition coefficient (Wildman–Crippen LogP) is 3.31. The highest BCUT2D eigenvalue weighted by Gasteiger charge is 2.50. The average molecular weight is 329 g/mol. The average Bonchev–Trinajstić information content (AvgIpc) is 3.16. The van der Waals surface area contributed by atoms with Crippen LogP contribution in [-0.2, 0) is 11.2 Å². The van der Waals surface area contributed by atoms with Crippen LogP contribution >= 0.6 is 15.9 Å². The fraction of sp³-hybridized carbons (Fsp3) is 0.600. The number of hydrogen-bond donors (Lipinski definition) is 1. The molecule has 2 nitrogen and oxygen atoms in total. The fourth-order valence-electron chi connectivity index (χ4n) is 3.21. The quantitative estimate of drug-likeness (QED) is 0.918. The lowest BCUT2D eigenvalue weighted by molar-refractivity contribution is 0.000574. The highest BCUT2D eigenvalue weighted by molar-refractivity contribution is 9.10. The van der Waals surface area contributed by atoms with Crippen LogP contribution < -0.4 is 0 Å². The molecule has 1 saturated carbocycles. The topological polar surface area (TPSA) is 29.5 Å². The molecule has 2 aliphatic rings. The Kier molecular flexibility index (Phi) is 3.67. The van der Waals surface area contributed by atoms with Crippen LogP contribution in [-0.4, -0.2) is 24.4 Å². The van der Waals surface area contributed by atoms with Gasteiger partial charge in [-0.3, -0.25) is 0 Å². The van der Waals surface area contributed by atoms with Crippen LogP contribution in [0.25, 0.3) is 0 Å². The van der Waals surface area contributed by atoms with Crippen molar-refractivity contribution < 1.29 is 14.2 Å². The summed E-state index contributed by atoms with van der Waals surface area (Å²) in [5.74, 6) is 0.363. The van der Waals surface area contributed by atoms with E-state index in [0.717, 1.165) is 25.0 Å². The van der Waals surface area contributed by atoms with E-state index in [2.05, 4.69) is 15.9 Å². The Morgan fingerprint density at radius 2 is 2.21 bits per heavy atom. The number of hydrogen-bond acceptors (Lipinski definition) is 2. The van der Waals surface area contributed by atoms with Crippen LogP contribution in [0.5, 0.6) is 0 Å². The fourth-order valence-corrected chi connectivity index (χ4v) is 3.64. The minimum absolute atomic E-state index is 0.142. The Hall–Kier alpha value is -0.450. The first kappa shape index (κ1) is 13.5. The zero-order valence-corrected chi connectivity index (χ0v) is 12.3. The maximum Gasteiger partial charge on any atom is 0.137 e. The molecule has 0 spiro atoms. The molecule has 3 rings (SSSR count). The normalized spacial score (nSPS) is 30.8. The van der Waals surface area contributed by atoms with Crippen LogP contribution in [0, 0.1) is 17.2 Å². The summed E-state index contributed by atoms with van der Waals surface area (Å²) in [6.07, 6.45) is 4.23. The molecular weight excluding hydrogens is 311 g/mol. The van der Waals surface area contributed by atoms with E-state index in [1.807, 2.05) is 6.07 Å². The molecule has 1 saturated heterocycles. The lowest BCUT2D eigenvalue weighted by atomic mass is 9.75. The van der Waals surface area contributed by atoms with Crippen LogP contribution in [0.15, 0.2) is 22.7 Å². The molecule has 1 heterocycles. The van der Waals surface area contributed by atoms with E-state index < -0.39 is 0 Å². The summed E-state index contributed by atoms with van der Waals surface area (Å²) in [5, 5.41) is 9.88. The third-order valence-electron chi connectivity index (χ3n) is 4.41. The minimum Gasteiger partial charge on any atom is -0.396 e. The van der Waals surface area contributed by atoms with Gasteiger partial charge in [0.05, 0.1) is 17.2 Å². The number of aliphatic hydroxyl groups excluding tert-OH is 1. The molecule has 1 N–H and O–H groups in total. The van der Waals surface area contributed by atoms with Crippen molar-refractivity contribution in [3.05, 3.63) is 34.1 Å². The third-order valence-corrected chi connectivity index (χ3v) is 5.01. The Morgan fingerprint density at radius 3 is 2.84 bits per heavy atom. The van der Waals surface area contributed by atoms with Gasteiger partial charge >= 0.3 is 0 Å². The summed E-state index contributed by atoms with van der Waals surface area (Å²) in [7, 11) is 0. The second-order valence-electron chi connectivity index (χ2n) is 5.82. The maximum absolute atomic E-state index is 13.3. The molecule has 4 heteroatoms. The van der Waals surface area contributed by atoms with Gasteiger partial charge in [-0.25, -0.2) is 4.39 Å². The molecule has 1 aliphatic carbocycles. The van der Waals surface area contributed by atoms with Gasteiger partial charge in [0.2, 0.25) is 0 Å². The highest BCUT2D eigenvalue weighted by Crippen LogP contribution is 2.49. The van der Waals surface area contributed by atoms with Gasteiger partial charge in [-0.15, -0.1) is 0 Å². The van der Waals surface area contributed by atoms with Gasteiger partial charge in [0.1, 0.15) is 5.82 Å². The molecular formula is C15H18BrFO2. The standard InChI is InChI=1S/C15H18BrFO2/c16-12-7-10(1-4-13(12)17)8-15(9-18)5-6-19-14(15)11-2-3-11/h1,4,7,11,14,18H,2-3,5-6,8-9H2. The number of ether oxygens (including phenoxy) is 1. The molecule has 1 aromatic rings. The predicted molar refractivity (Wildman–Crippen MR) is 74.4 cm³/mol. The lowest BCUT2D eigenvalue weighted by Gasteiger charge is -2.32. The van der Waals surface area contributed by atoms with E-state index >= 15 is 0 Å². The Labute approximate surface area is 121 Å². The van der Waals surface area contributed by atoms with Gasteiger partial charge in [-0.05, 0) is 65.2 Å². The zero-order chi connectivity index (χ0) is 13.5. The Bertz CT molecular complexity index is 475. The first-order chi connectivity index (χ1) is 9.14. The van der Waals surface area contributed by atoms with Gasteiger partial charge in [0.25, 0.3) is 0 Å². The highest BCUT2D eigenvalue weighted by atomic mass is 79.9. The van der Waals surface area contributed by atoms with E-state index in [1.54, 1.807) is 6.07 Å². The molecule has 0 radical (unpaired) electrons. The summed E-state index contributed by atoms with van der Waals surface area (Å²) in [5.41, 5.74) is 0.872. The van der Waals surface area contributed by atoms with E-state index in [0.29, 0.717) is 10.4 Å². The summed E-state index contributed by atoms with van der Waals surface area (Å²) < 4.78 is 19.6. The van der Waals surface area contributed by atoms with Gasteiger partial charge < -0.3 is 9.84 Å². The number of halogens is 2. The zero-order valence-electron chi connectivity index (χ0n) is 10.7. The number of rotatable bonds is 4. The second-order valence-corrected chi connectivity index (χ2v) is 6.68. The van der Waals surface area contributed by atoms with Crippen molar-refractivity contribution in [1.82, 2.24) is 0 Å². The summed E-state index contributed by atoms with van der Waals surface area (Å²) >= 11 is 3.22. The van der Waals surface area contributed by atoms with Gasteiger partial charge in [0.15, 0.2) is 0 Å². The van der Waals surface area contributed by atoms with Gasteiger partial charge in [-0.1, -0.05) is 6.07 Å². The molecule has 2 fully saturated rings. The van der Waals surface area contributed by atoms with Crippen molar-refractivity contribution in [2.24, 2.45) is 11.3 Å². The van der Waals surface area contributed by atoms with Gasteiger partial charge in [0, 0.05) is 12.0 Å². The first-order valence-electron chi connectivity index (χ1n) is 6.81. The smallest absolute Gasteiger partial charge is 0.137 e.